The second-order valence-corrected chi connectivity index (χ2v) is 24.4. The van der Waals surface area contributed by atoms with Crippen molar-refractivity contribution in [2.24, 2.45) is 0 Å². The monoisotopic (exact) mass is 1560 g/mol. The van der Waals surface area contributed by atoms with E-state index in [1.165, 1.54) is 44.8 Å². The first-order chi connectivity index (χ1) is 49.4. The summed E-state index contributed by atoms with van der Waals surface area (Å²) in [4.78, 5) is 34.1. The van der Waals surface area contributed by atoms with E-state index in [0.717, 1.165) is 50.1 Å². The summed E-state index contributed by atoms with van der Waals surface area (Å²) in [6, 6.07) is 62.4. The number of nitrogens with zero attached hydrogens (tertiary/aromatic N) is 11. The number of aromatic hydroxyl groups is 1. The van der Waals surface area contributed by atoms with Crippen LogP contribution in [0, 0.1) is 56.7 Å². The van der Waals surface area contributed by atoms with Crippen LogP contribution in [0.15, 0.2) is 219 Å². The highest BCUT2D eigenvalue weighted by Crippen LogP contribution is 2.32. The van der Waals surface area contributed by atoms with Crippen LogP contribution in [-0.2, 0) is 0 Å². The number of benzene rings is 6. The second-order valence-electron chi connectivity index (χ2n) is 20.1. The number of aromatic nitrogens is 6. The van der Waals surface area contributed by atoms with Crippen molar-refractivity contribution >= 4 is 135 Å². The third kappa shape index (κ3) is 25.5. The van der Waals surface area contributed by atoms with Crippen molar-refractivity contribution < 1.29 is 34.5 Å². The Labute approximate surface area is 641 Å². The molecular formula is C74H46BCl10N11O7. The van der Waals surface area contributed by atoms with E-state index in [2.05, 4.69) is 29.9 Å². The molecule has 0 amide bonds. The molecule has 0 fully saturated rings. The Balaban J connectivity index is 0.000000190. The Bertz CT molecular complexity index is 4990. The molecule has 12 aromatic rings. The molecule has 0 aliphatic rings. The van der Waals surface area contributed by atoms with Crippen molar-refractivity contribution in [3.05, 3.63) is 304 Å². The van der Waals surface area contributed by atoms with Crippen LogP contribution in [0.4, 0.5) is 0 Å². The summed E-state index contributed by atoms with van der Waals surface area (Å²) >= 11 is 57.9. The van der Waals surface area contributed by atoms with Gasteiger partial charge < -0.3 is 29.7 Å². The molecule has 29 heteroatoms. The van der Waals surface area contributed by atoms with E-state index in [4.69, 9.17) is 167 Å². The van der Waals surface area contributed by atoms with Gasteiger partial charge in [0.2, 0.25) is 0 Å². The average molecular weight is 1570 g/mol. The topological polar surface area (TPSA) is 313 Å². The summed E-state index contributed by atoms with van der Waals surface area (Å²) < 4.78 is 10.2. The molecule has 0 spiro atoms. The van der Waals surface area contributed by atoms with Gasteiger partial charge in [-0.15, -0.1) is 0 Å². The second kappa shape index (κ2) is 41.4. The Hall–Kier alpha value is -10.6. The van der Waals surface area contributed by atoms with E-state index in [1.807, 2.05) is 103 Å². The zero-order valence-corrected chi connectivity index (χ0v) is 60.6. The predicted molar refractivity (Wildman–Crippen MR) is 404 cm³/mol. The fourth-order valence-corrected chi connectivity index (χ4v) is 10.3. The first-order valence-corrected chi connectivity index (χ1v) is 32.7. The fraction of sp³-hybridized carbons (Fsp3) is 0.0270. The number of aromatic carboxylic acids is 1. The molecule has 512 valence electrons. The van der Waals surface area contributed by atoms with Gasteiger partial charge in [0.05, 0.1) is 34.3 Å². The van der Waals surface area contributed by atoms with Crippen LogP contribution in [0.1, 0.15) is 39.0 Å². The molecule has 0 aliphatic carbocycles. The maximum Gasteiger partial charge on any atom is 0.488 e. The number of hydrogen-bond acceptors (Lipinski definition) is 17. The molecule has 6 heterocycles. The van der Waals surface area contributed by atoms with E-state index in [0.29, 0.717) is 67.7 Å². The SMILES string of the molecule is COc1cc(-c2cccc(Cl)c2)cnc1C#N.COc1cc(-c2cccc(Cl)c2)cnc1C#N.N#Cc1ncc(-c2cccc(Cl)c2)cc1Cl.N#Cc1ncc(-c2cccc(Cl)c2)cc1Cl.N#Cc1ncc(Cl)cc1Cl.O=C(O)c1ncc(-c2cccc(Cl)c2)cc1O.OB(O)c1cccc(Cl)c1. The first-order valence-electron chi connectivity index (χ1n) is 29.0. The molecule has 6 aromatic carbocycles. The smallest absolute Gasteiger partial charge is 0.488 e. The lowest BCUT2D eigenvalue weighted by Gasteiger charge is -2.06. The van der Waals surface area contributed by atoms with Crippen molar-refractivity contribution in [2.45, 2.75) is 0 Å². The van der Waals surface area contributed by atoms with Gasteiger partial charge in [0.15, 0.2) is 45.7 Å². The molecule has 4 N–H and O–H groups in total. The Kier molecular flexibility index (Phi) is 32.7. The summed E-state index contributed by atoms with van der Waals surface area (Å²) in [6.45, 7) is 0. The standard InChI is InChI=1S/2C13H9ClN2O.2C12H6Cl2N2.C12H8ClNO3.C6H6BClO2.C6H2Cl2N2/c2*1-17-13-6-10(8-16-12(13)7-15)9-3-2-4-11(14)5-9;2*13-10-3-1-2-8(4-10)9-5-11(14)12(6-15)16-7-9;13-9-3-1-2-7(4-9)8-5-10(15)11(12(16)17)14-6-8;8-6-3-1-2-5(4-6)7(9)10;7-4-1-5(8)6(2-9)10-3-4/h2*2-6,8H,1H3;2*1-5,7H;1-6,15H,(H,16,17);1-4,9-10H;1,3H. The molecule has 0 aliphatic heterocycles. The number of halogens is 10. The minimum atomic E-state index is -1.43. The van der Waals surface area contributed by atoms with Gasteiger partial charge in [-0.25, -0.2) is 34.7 Å². The molecule has 12 rings (SSSR count). The normalized spacial score (nSPS) is 9.72. The Morgan fingerprint density at radius 2 is 0.631 bits per heavy atom. The van der Waals surface area contributed by atoms with Gasteiger partial charge in [-0.1, -0.05) is 189 Å². The zero-order valence-electron chi connectivity index (χ0n) is 53.1. The van der Waals surface area contributed by atoms with Crippen molar-refractivity contribution in [2.75, 3.05) is 14.2 Å². The number of methoxy groups -OCH3 is 2. The summed E-state index contributed by atoms with van der Waals surface area (Å²) in [5.74, 6) is -0.704. The molecule has 0 radical (unpaired) electrons. The van der Waals surface area contributed by atoms with Gasteiger partial charge in [-0.05, 0) is 142 Å². The number of pyridine rings is 6. The quantitative estimate of drug-likeness (QED) is 0.0976. The van der Waals surface area contributed by atoms with Crippen molar-refractivity contribution in [1.82, 2.24) is 29.9 Å². The van der Waals surface area contributed by atoms with E-state index in [9.17, 15) is 9.90 Å². The van der Waals surface area contributed by atoms with Gasteiger partial charge in [0.25, 0.3) is 0 Å². The van der Waals surface area contributed by atoms with Crippen molar-refractivity contribution in [1.29, 1.82) is 26.3 Å². The molecule has 0 unspecified atom stereocenters. The van der Waals surface area contributed by atoms with E-state index < -0.39 is 13.1 Å². The molecule has 0 saturated heterocycles. The lowest BCUT2D eigenvalue weighted by atomic mass is 9.81. The van der Waals surface area contributed by atoms with Gasteiger partial charge in [-0.2, -0.15) is 26.3 Å². The van der Waals surface area contributed by atoms with Crippen LogP contribution in [0.2, 0.25) is 50.2 Å². The van der Waals surface area contributed by atoms with E-state index >= 15 is 0 Å². The minimum Gasteiger partial charge on any atom is -0.505 e. The van der Waals surface area contributed by atoms with Crippen LogP contribution in [0.5, 0.6) is 17.2 Å². The molecule has 103 heavy (non-hydrogen) atoms. The van der Waals surface area contributed by atoms with Crippen molar-refractivity contribution in [3.63, 3.8) is 0 Å². The molecular weight excluding hydrogens is 1520 g/mol. The van der Waals surface area contributed by atoms with Crippen LogP contribution in [0.25, 0.3) is 55.6 Å². The lowest BCUT2D eigenvalue weighted by Crippen LogP contribution is -2.29. The molecule has 0 atom stereocenters. The lowest BCUT2D eigenvalue weighted by molar-refractivity contribution is 0.0687. The summed E-state index contributed by atoms with van der Waals surface area (Å²) in [5.41, 5.74) is 9.75. The molecule has 6 aromatic heterocycles. The molecule has 0 saturated carbocycles. The average Bonchev–Trinajstić information content (AvgIpc) is 0.851. The van der Waals surface area contributed by atoms with Crippen molar-refractivity contribution in [3.8, 4) is 103 Å². The number of carboxylic acids is 1. The number of hydrogen-bond donors (Lipinski definition) is 4. The predicted octanol–water partition coefficient (Wildman–Crippen LogP) is 19.5. The maximum absolute atomic E-state index is 10.7. The highest BCUT2D eigenvalue weighted by atomic mass is 35.5. The van der Waals surface area contributed by atoms with Gasteiger partial charge in [0, 0.05) is 95.1 Å². The first kappa shape index (κ1) is 81.4. The zero-order chi connectivity index (χ0) is 75.1. The van der Waals surface area contributed by atoms with Crippen LogP contribution in [0.3, 0.4) is 0 Å². The number of carbonyl (C=O) groups is 1. The summed E-state index contributed by atoms with van der Waals surface area (Å²) in [6.07, 6.45) is 9.24. The summed E-state index contributed by atoms with van der Waals surface area (Å²) in [5, 5.41) is 84.1. The van der Waals surface area contributed by atoms with Crippen LogP contribution in [-0.4, -0.2) is 77.5 Å². The van der Waals surface area contributed by atoms with Crippen LogP contribution >= 0.6 is 116 Å². The Morgan fingerprint density at radius 1 is 0.350 bits per heavy atom. The largest absolute Gasteiger partial charge is 0.505 e. The van der Waals surface area contributed by atoms with Gasteiger partial charge in [-0.3, -0.25) is 0 Å². The summed E-state index contributed by atoms with van der Waals surface area (Å²) in [7, 11) is 1.60. The molecule has 0 bridgehead atoms. The number of rotatable bonds is 9. The number of carboxylic acid groups (broad SMARTS) is 1. The number of nitriles is 5. The third-order valence-electron chi connectivity index (χ3n) is 13.2. The Morgan fingerprint density at radius 3 is 0.893 bits per heavy atom. The van der Waals surface area contributed by atoms with E-state index in [1.54, 1.807) is 116 Å². The fourth-order valence-electron chi connectivity index (χ4n) is 8.32. The van der Waals surface area contributed by atoms with Gasteiger partial charge in [0.1, 0.15) is 36.1 Å². The molecule has 18 nitrogen and oxygen atoms in total. The third-order valence-corrected chi connectivity index (χ3v) is 15.7. The van der Waals surface area contributed by atoms with Crippen LogP contribution < -0.4 is 14.9 Å². The highest BCUT2D eigenvalue weighted by Gasteiger charge is 2.15. The highest BCUT2D eigenvalue weighted by molar-refractivity contribution is 6.59. The maximum atomic E-state index is 10.7. The minimum absolute atomic E-state index is 0.200. The van der Waals surface area contributed by atoms with Gasteiger partial charge >= 0.3 is 13.1 Å². The number of ether oxygens (including phenoxy) is 2. The van der Waals surface area contributed by atoms with E-state index in [-0.39, 0.29) is 44.9 Å².